The normalized spacial score (nSPS) is 14.4. The highest BCUT2D eigenvalue weighted by molar-refractivity contribution is 7.47. The molecule has 0 aliphatic carbocycles. The third-order valence-corrected chi connectivity index (χ3v) is 16.6. The number of phosphoric acid groups is 2. The fourth-order valence-electron chi connectivity index (χ4n) is 9.40. The highest BCUT2D eigenvalue weighted by Gasteiger charge is 2.30. The van der Waals surface area contributed by atoms with Crippen molar-refractivity contribution in [2.75, 3.05) is 39.6 Å². The molecule has 0 aromatic carbocycles. The highest BCUT2D eigenvalue weighted by Crippen LogP contribution is 2.45. The quantitative estimate of drug-likeness (QED) is 0.0169. The molecule has 0 amide bonds. The second-order valence-electron chi connectivity index (χ2n) is 23.6. The van der Waals surface area contributed by atoms with E-state index in [2.05, 4.69) is 58.9 Å². The van der Waals surface area contributed by atoms with E-state index in [0.29, 0.717) is 31.6 Å². The smallest absolute Gasteiger partial charge is 0.462 e. The van der Waals surface area contributed by atoms with Crippen molar-refractivity contribution in [2.45, 2.75) is 329 Å². The lowest BCUT2D eigenvalue weighted by molar-refractivity contribution is -0.161. The first-order chi connectivity index (χ1) is 41.0. The van der Waals surface area contributed by atoms with Gasteiger partial charge in [0.25, 0.3) is 0 Å². The summed E-state index contributed by atoms with van der Waals surface area (Å²) in [7, 11) is -9.90. The third kappa shape index (κ3) is 60.2. The molecule has 5 atom stereocenters. The zero-order chi connectivity index (χ0) is 62.8. The number of unbranched alkanes of at least 4 members (excludes halogenated alkanes) is 33. The molecule has 500 valence electrons. The third-order valence-electron chi connectivity index (χ3n) is 14.7. The second kappa shape index (κ2) is 59.2. The summed E-state index contributed by atoms with van der Waals surface area (Å²) in [5.41, 5.74) is 0. The van der Waals surface area contributed by atoms with Gasteiger partial charge >= 0.3 is 39.5 Å². The van der Waals surface area contributed by atoms with Gasteiger partial charge < -0.3 is 33.8 Å². The van der Waals surface area contributed by atoms with Gasteiger partial charge in [-0.05, 0) is 57.3 Å². The number of aliphatic hydroxyl groups excluding tert-OH is 1. The molecule has 0 fully saturated rings. The number of rotatable bonds is 64. The van der Waals surface area contributed by atoms with Crippen molar-refractivity contribution in [2.24, 2.45) is 5.92 Å². The average Bonchev–Trinajstić information content (AvgIpc) is 3.49. The summed E-state index contributed by atoms with van der Waals surface area (Å²) in [6.07, 6.45) is 46.7. The number of ether oxygens (including phenoxy) is 4. The molecule has 0 aromatic rings. The summed E-state index contributed by atoms with van der Waals surface area (Å²) in [4.78, 5) is 72.2. The van der Waals surface area contributed by atoms with E-state index in [9.17, 15) is 43.2 Å². The molecule has 0 aliphatic rings. The largest absolute Gasteiger partial charge is 0.472 e. The van der Waals surface area contributed by atoms with Crippen LogP contribution < -0.4 is 0 Å². The SMILES string of the molecule is CCCCCC/C=C\C=C/CCCCCCCC(=O)O[C@H](COC(=O)CCCCCCCCCCCCCC)COP(=O)(O)OC[C@@H](O)COP(=O)(O)OC[C@@H](COC(=O)CCCCCCCCCC)OC(=O)CCCCCCCCCC(C)C. The maximum atomic E-state index is 13.0. The van der Waals surface area contributed by atoms with Gasteiger partial charge in [0, 0.05) is 25.7 Å². The van der Waals surface area contributed by atoms with Crippen LogP contribution in [-0.4, -0.2) is 96.7 Å². The molecular weight excluding hydrogens is 1130 g/mol. The highest BCUT2D eigenvalue weighted by atomic mass is 31.2. The van der Waals surface area contributed by atoms with Crippen molar-refractivity contribution in [3.05, 3.63) is 24.3 Å². The number of allylic oxidation sites excluding steroid dienone is 4. The molecule has 0 radical (unpaired) electrons. The fourth-order valence-corrected chi connectivity index (χ4v) is 11.0. The Morgan fingerprint density at radius 2 is 0.635 bits per heavy atom. The predicted molar refractivity (Wildman–Crippen MR) is 340 cm³/mol. The zero-order valence-electron chi connectivity index (χ0n) is 54.2. The van der Waals surface area contributed by atoms with E-state index in [1.807, 2.05) is 0 Å². The van der Waals surface area contributed by atoms with Gasteiger partial charge in [0.1, 0.15) is 19.3 Å². The van der Waals surface area contributed by atoms with E-state index < -0.39 is 97.5 Å². The Morgan fingerprint density at radius 1 is 0.365 bits per heavy atom. The fraction of sp³-hybridized carbons (Fsp3) is 0.879. The molecule has 85 heavy (non-hydrogen) atoms. The number of hydrogen-bond acceptors (Lipinski definition) is 15. The van der Waals surface area contributed by atoms with Crippen LogP contribution in [0.3, 0.4) is 0 Å². The molecule has 0 saturated heterocycles. The molecule has 0 rings (SSSR count). The van der Waals surface area contributed by atoms with Crippen LogP contribution in [0.5, 0.6) is 0 Å². The Balaban J connectivity index is 5.26. The number of aliphatic hydroxyl groups is 1. The van der Waals surface area contributed by atoms with Gasteiger partial charge in [-0.3, -0.25) is 37.3 Å². The lowest BCUT2D eigenvalue weighted by Crippen LogP contribution is -2.30. The van der Waals surface area contributed by atoms with Crippen LogP contribution >= 0.6 is 15.6 Å². The Bertz CT molecular complexity index is 1740. The van der Waals surface area contributed by atoms with Crippen LogP contribution in [0.15, 0.2) is 24.3 Å². The van der Waals surface area contributed by atoms with E-state index in [1.54, 1.807) is 0 Å². The van der Waals surface area contributed by atoms with Gasteiger partial charge in [0.05, 0.1) is 26.4 Å². The van der Waals surface area contributed by atoms with Crippen molar-refractivity contribution in [1.82, 2.24) is 0 Å². The van der Waals surface area contributed by atoms with Gasteiger partial charge in [0.2, 0.25) is 0 Å². The number of carbonyl (C=O) groups is 4. The average molecular weight is 1250 g/mol. The molecule has 0 bridgehead atoms. The first kappa shape index (κ1) is 82.5. The minimum absolute atomic E-state index is 0.0852. The van der Waals surface area contributed by atoms with Crippen molar-refractivity contribution >= 4 is 39.5 Å². The Hall–Kier alpha value is -2.46. The lowest BCUT2D eigenvalue weighted by atomic mass is 10.0. The topological polar surface area (TPSA) is 237 Å². The van der Waals surface area contributed by atoms with Crippen molar-refractivity contribution in [3.8, 4) is 0 Å². The molecule has 0 heterocycles. The van der Waals surface area contributed by atoms with Crippen molar-refractivity contribution < 1.29 is 80.2 Å². The van der Waals surface area contributed by atoms with Crippen LogP contribution in [0.4, 0.5) is 0 Å². The Morgan fingerprint density at radius 3 is 0.965 bits per heavy atom. The van der Waals surface area contributed by atoms with Gasteiger partial charge in [0.15, 0.2) is 12.2 Å². The summed E-state index contributed by atoms with van der Waals surface area (Å²) >= 11 is 0. The summed E-state index contributed by atoms with van der Waals surface area (Å²) in [6.45, 7) is 7.05. The standard InChI is InChI=1S/C66H124O17P2/c1-6-9-12-15-18-21-23-25-26-27-29-31-36-41-46-51-65(70)82-61(56-77-64(69)50-45-40-35-30-28-24-22-19-16-13-10-7-2)57-80-84(72,73)78-53-60(67)54-79-85(74,75)81-58-62(55-76-63(68)49-44-39-34-20-17-14-11-8-3)83-66(71)52-47-42-37-32-33-38-43-48-59(4)5/h21,23,25-26,59-62,67H,6-20,22,24,27-58H2,1-5H3,(H,72,73)(H,74,75)/b23-21-,26-25-/t60-,61-,62-/m1/s1. The summed E-state index contributed by atoms with van der Waals surface area (Å²) in [5, 5.41) is 10.5. The maximum Gasteiger partial charge on any atom is 0.472 e. The number of esters is 4. The van der Waals surface area contributed by atoms with E-state index in [1.165, 1.54) is 116 Å². The van der Waals surface area contributed by atoms with Crippen LogP contribution in [0.1, 0.15) is 311 Å². The Kier molecular flexibility index (Phi) is 57.5. The monoisotopic (exact) mass is 1250 g/mol. The first-order valence-electron chi connectivity index (χ1n) is 34.0. The van der Waals surface area contributed by atoms with Crippen molar-refractivity contribution in [3.63, 3.8) is 0 Å². The number of carbonyl (C=O) groups excluding carboxylic acids is 4. The molecule has 17 nitrogen and oxygen atoms in total. The van der Waals surface area contributed by atoms with Crippen LogP contribution in [0.2, 0.25) is 0 Å². The van der Waals surface area contributed by atoms with Crippen molar-refractivity contribution in [1.29, 1.82) is 0 Å². The second-order valence-corrected chi connectivity index (χ2v) is 26.6. The van der Waals surface area contributed by atoms with Crippen LogP contribution in [0, 0.1) is 5.92 Å². The number of hydrogen-bond donors (Lipinski definition) is 3. The van der Waals surface area contributed by atoms with Crippen LogP contribution in [0.25, 0.3) is 0 Å². The molecule has 0 saturated carbocycles. The maximum absolute atomic E-state index is 13.0. The molecule has 0 aliphatic heterocycles. The minimum atomic E-state index is -4.95. The summed E-state index contributed by atoms with van der Waals surface area (Å²) in [6, 6.07) is 0. The molecule has 0 spiro atoms. The van der Waals surface area contributed by atoms with E-state index in [4.69, 9.17) is 37.0 Å². The zero-order valence-corrected chi connectivity index (χ0v) is 56.0. The molecular formula is C66H124O17P2. The molecule has 3 N–H and O–H groups in total. The van der Waals surface area contributed by atoms with Crippen LogP contribution in [-0.2, 0) is 65.4 Å². The van der Waals surface area contributed by atoms with Gasteiger partial charge in [-0.15, -0.1) is 0 Å². The lowest BCUT2D eigenvalue weighted by Gasteiger charge is -2.21. The predicted octanol–water partition coefficient (Wildman–Crippen LogP) is 18.1. The van der Waals surface area contributed by atoms with Gasteiger partial charge in [-0.25, -0.2) is 9.13 Å². The molecule has 2 unspecified atom stereocenters. The Labute approximate surface area is 516 Å². The molecule has 0 aromatic heterocycles. The van der Waals surface area contributed by atoms with Gasteiger partial charge in [-0.2, -0.15) is 0 Å². The van der Waals surface area contributed by atoms with E-state index >= 15 is 0 Å². The molecule has 19 heteroatoms. The first-order valence-corrected chi connectivity index (χ1v) is 36.9. The van der Waals surface area contributed by atoms with Gasteiger partial charge in [-0.1, -0.05) is 258 Å². The van der Waals surface area contributed by atoms with E-state index in [0.717, 1.165) is 109 Å². The summed E-state index contributed by atoms with van der Waals surface area (Å²) < 4.78 is 68.0. The summed E-state index contributed by atoms with van der Waals surface area (Å²) in [5.74, 6) is -1.47. The number of phosphoric ester groups is 2. The minimum Gasteiger partial charge on any atom is -0.462 e. The van der Waals surface area contributed by atoms with E-state index in [-0.39, 0.29) is 25.7 Å².